The van der Waals surface area contributed by atoms with Gasteiger partial charge in [-0.05, 0) is 56.3 Å². The van der Waals surface area contributed by atoms with Crippen LogP contribution in [0.1, 0.15) is 230 Å². The second-order valence-corrected chi connectivity index (χ2v) is 20.5. The minimum atomic E-state index is -1.23. The van der Waals surface area contributed by atoms with Gasteiger partial charge in [0.2, 0.25) is 19.7 Å². The molecule has 0 spiro atoms. The molecule has 4 amide bonds. The molecular weight excluding hydrogens is 913 g/mol. The van der Waals surface area contributed by atoms with Gasteiger partial charge in [-0.25, -0.2) is 4.79 Å². The van der Waals surface area contributed by atoms with Gasteiger partial charge in [0, 0.05) is 19.6 Å². The van der Waals surface area contributed by atoms with Crippen LogP contribution in [0.2, 0.25) is 0 Å². The molecule has 0 aliphatic rings. The Morgan fingerprint density at radius 3 is 1.32 bits per heavy atom. The number of ether oxygens (including phenoxy) is 2. The second kappa shape index (κ2) is 46.2. The second-order valence-electron chi connectivity index (χ2n) is 20.5. The van der Waals surface area contributed by atoms with Crippen LogP contribution in [0.4, 0.5) is 9.59 Å². The van der Waals surface area contributed by atoms with Crippen molar-refractivity contribution >= 4 is 37.5 Å². The van der Waals surface area contributed by atoms with Crippen LogP contribution in [-0.2, 0) is 37.1 Å². The summed E-state index contributed by atoms with van der Waals surface area (Å²) in [7, 11) is 1.28. The largest absolute Gasteiger partial charge is 0.461 e. The summed E-state index contributed by atoms with van der Waals surface area (Å²) in [4.78, 5) is 67.8. The predicted octanol–water partition coefficient (Wildman–Crippen LogP) is 12.8. The summed E-state index contributed by atoms with van der Waals surface area (Å²) in [5.41, 5.74) is 1.68. The van der Waals surface area contributed by atoms with E-state index in [1.807, 2.05) is 60.7 Å². The van der Waals surface area contributed by atoms with Crippen molar-refractivity contribution in [3.63, 3.8) is 0 Å². The number of esters is 1. The minimum Gasteiger partial charge on any atom is -0.461 e. The van der Waals surface area contributed by atoms with Crippen LogP contribution < -0.4 is 21.3 Å². The van der Waals surface area contributed by atoms with Gasteiger partial charge in [0.25, 0.3) is 0 Å². The topological polar surface area (TPSA) is 155 Å². The van der Waals surface area contributed by atoms with Crippen LogP contribution in [0, 0.1) is 0 Å². The number of rotatable bonds is 48. The van der Waals surface area contributed by atoms with E-state index in [-0.39, 0.29) is 25.5 Å². The Morgan fingerprint density at radius 2 is 0.877 bits per heavy atom. The number of alkyl carbamates (subject to hydrolysis) is 1. The number of nitrogens with zero attached hydrogens (tertiary/aromatic N) is 1. The zero-order chi connectivity index (χ0) is 52.7. The first-order valence-corrected chi connectivity index (χ1v) is 29.4. The highest BCUT2D eigenvalue weighted by molar-refractivity contribution is 6.57. The summed E-state index contributed by atoms with van der Waals surface area (Å²) in [6.45, 7) is 8.19. The lowest BCUT2D eigenvalue weighted by molar-refractivity contribution is -0.147. The lowest BCUT2D eigenvalue weighted by atomic mass is 10.0. The molecule has 0 saturated carbocycles. The molecule has 412 valence electrons. The average molecular weight is 1020 g/mol. The minimum absolute atomic E-state index is 0.0305. The Hall–Kier alpha value is -4.39. The molecule has 4 N–H and O–H groups in total. The van der Waals surface area contributed by atoms with Gasteiger partial charge >= 0.3 is 12.1 Å². The van der Waals surface area contributed by atoms with E-state index in [0.717, 1.165) is 37.1 Å². The van der Waals surface area contributed by atoms with Crippen LogP contribution >= 0.6 is 0 Å². The van der Waals surface area contributed by atoms with Crippen molar-refractivity contribution in [1.29, 1.82) is 0 Å². The zero-order valence-electron chi connectivity index (χ0n) is 46.3. The fourth-order valence-electron chi connectivity index (χ4n) is 9.25. The molecule has 0 fully saturated rings. The molecule has 12 nitrogen and oxygen atoms in total. The molecule has 13 heteroatoms. The maximum atomic E-state index is 14.0. The van der Waals surface area contributed by atoms with E-state index in [1.165, 1.54) is 175 Å². The molecular formula is C60H102BN5O7. The van der Waals surface area contributed by atoms with Crippen LogP contribution in [0.3, 0.4) is 0 Å². The van der Waals surface area contributed by atoms with Crippen LogP contribution in [-0.4, -0.2) is 87.2 Å². The molecule has 0 aromatic heterocycles. The Kier molecular flexibility index (Phi) is 40.9. The maximum Gasteiger partial charge on any atom is 0.407 e. The average Bonchev–Trinajstić information content (AvgIpc) is 3.39. The van der Waals surface area contributed by atoms with Crippen molar-refractivity contribution in [3.8, 4) is 0 Å². The molecule has 0 heterocycles. The summed E-state index contributed by atoms with van der Waals surface area (Å²) in [6, 6.07) is 16.5. The van der Waals surface area contributed by atoms with Crippen molar-refractivity contribution in [2.45, 2.75) is 245 Å². The fourth-order valence-corrected chi connectivity index (χ4v) is 9.25. The van der Waals surface area contributed by atoms with E-state index in [4.69, 9.17) is 9.47 Å². The number of hydrogen-bond acceptors (Lipinski definition) is 8. The summed E-state index contributed by atoms with van der Waals surface area (Å²) in [5, 5.41) is 11.3. The molecule has 2 atom stereocenters. The number of carbonyl (C=O) groups excluding carboxylic acids is 5. The first-order valence-electron chi connectivity index (χ1n) is 29.4. The first kappa shape index (κ1) is 64.7. The summed E-state index contributed by atoms with van der Waals surface area (Å²) in [6.07, 6.45) is 37.5. The van der Waals surface area contributed by atoms with Crippen LogP contribution in [0.25, 0.3) is 0 Å². The quantitative estimate of drug-likeness (QED) is 0.0290. The third-order valence-electron chi connectivity index (χ3n) is 13.7. The lowest BCUT2D eigenvalue weighted by Crippen LogP contribution is -2.54. The lowest BCUT2D eigenvalue weighted by Gasteiger charge is -2.25. The molecule has 0 aliphatic heterocycles. The third-order valence-corrected chi connectivity index (χ3v) is 13.7. The van der Waals surface area contributed by atoms with Gasteiger partial charge in [0.05, 0.1) is 6.42 Å². The van der Waals surface area contributed by atoms with Gasteiger partial charge in [0.15, 0.2) is 5.81 Å². The van der Waals surface area contributed by atoms with Crippen molar-refractivity contribution in [3.05, 3.63) is 71.8 Å². The molecule has 0 aliphatic carbocycles. The Morgan fingerprint density at radius 1 is 0.452 bits per heavy atom. The number of hydrogen-bond donors (Lipinski definition) is 4. The number of benzene rings is 2. The standard InChI is InChI=1S/C60H102BN5O7/c1-3-5-7-9-11-13-15-17-19-21-23-25-27-37-46-66(47-38-28-26-24-22-20-18-16-14-12-10-8-6-4-2)48-45-62-57(68)54(43-35-36-44-63-60(71)73-51-53-41-33-30-34-42-53)64-58(69)55(65-59(61)70)49-56(67)72-50-52-39-31-29-32-40-52/h29-34,39-42,54-55H,3-28,35-38,43-51,61H2,1-2H3,(H,62,68)(H,63,71)(H,64,69)(H,65,70). The predicted molar refractivity (Wildman–Crippen MR) is 302 cm³/mol. The van der Waals surface area contributed by atoms with Crippen molar-refractivity contribution < 1.29 is 33.4 Å². The van der Waals surface area contributed by atoms with Crippen LogP contribution in [0.15, 0.2) is 60.7 Å². The van der Waals surface area contributed by atoms with Crippen molar-refractivity contribution in [2.75, 3.05) is 32.7 Å². The van der Waals surface area contributed by atoms with Gasteiger partial charge in [-0.15, -0.1) is 0 Å². The highest BCUT2D eigenvalue weighted by Gasteiger charge is 2.28. The monoisotopic (exact) mass is 1020 g/mol. The SMILES string of the molecule is BC(=O)NC(CC(=O)OCc1ccccc1)C(=O)NC(CCCCNC(=O)OCc1ccccc1)C(=O)NCCN(CCCCCCCCCCCCCCCC)CCCCCCCCCCCCCCCC. The molecule has 2 aromatic carbocycles. The summed E-state index contributed by atoms with van der Waals surface area (Å²) < 4.78 is 10.8. The number of amides is 4. The van der Waals surface area contributed by atoms with E-state index in [1.54, 1.807) is 0 Å². The van der Waals surface area contributed by atoms with E-state index in [9.17, 15) is 24.0 Å². The van der Waals surface area contributed by atoms with Gasteiger partial charge < -0.3 is 35.6 Å². The van der Waals surface area contributed by atoms with E-state index < -0.39 is 42.3 Å². The molecule has 2 unspecified atom stereocenters. The third kappa shape index (κ3) is 37.9. The van der Waals surface area contributed by atoms with Gasteiger partial charge in [0.1, 0.15) is 25.3 Å². The van der Waals surface area contributed by atoms with E-state index in [0.29, 0.717) is 32.5 Å². The Balaban J connectivity index is 1.95. The summed E-state index contributed by atoms with van der Waals surface area (Å²) >= 11 is 0. The van der Waals surface area contributed by atoms with Crippen molar-refractivity contribution in [2.24, 2.45) is 0 Å². The summed E-state index contributed by atoms with van der Waals surface area (Å²) in [5.74, 6) is -2.11. The smallest absolute Gasteiger partial charge is 0.407 e. The highest BCUT2D eigenvalue weighted by atomic mass is 16.5. The molecule has 73 heavy (non-hydrogen) atoms. The fraction of sp³-hybridized carbons (Fsp3) is 0.717. The number of nitrogens with one attached hydrogen (secondary N) is 4. The van der Waals surface area contributed by atoms with Gasteiger partial charge in [-0.3, -0.25) is 19.2 Å². The van der Waals surface area contributed by atoms with Gasteiger partial charge in [-0.1, -0.05) is 241 Å². The molecule has 0 saturated heterocycles. The zero-order valence-corrected chi connectivity index (χ0v) is 46.3. The van der Waals surface area contributed by atoms with E-state index in [2.05, 4.69) is 40.0 Å². The van der Waals surface area contributed by atoms with Crippen LogP contribution in [0.5, 0.6) is 0 Å². The molecule has 0 bridgehead atoms. The normalized spacial score (nSPS) is 12.0. The maximum absolute atomic E-state index is 14.0. The number of unbranched alkanes of at least 4 members (excludes halogenated alkanes) is 27. The Bertz CT molecular complexity index is 1640. The molecule has 2 rings (SSSR count). The molecule has 0 radical (unpaired) electrons. The van der Waals surface area contributed by atoms with E-state index >= 15 is 0 Å². The number of carbonyl (C=O) groups is 5. The van der Waals surface area contributed by atoms with Gasteiger partial charge in [-0.2, -0.15) is 0 Å². The molecule has 2 aromatic rings. The Labute approximate surface area is 444 Å². The van der Waals surface area contributed by atoms with Crippen molar-refractivity contribution in [1.82, 2.24) is 26.2 Å². The first-order chi connectivity index (χ1) is 35.7. The highest BCUT2D eigenvalue weighted by Crippen LogP contribution is 2.16.